The van der Waals surface area contributed by atoms with Gasteiger partial charge in [-0.25, -0.2) is 0 Å². The van der Waals surface area contributed by atoms with Crippen LogP contribution in [0, 0.1) is 0 Å². The van der Waals surface area contributed by atoms with Crippen LogP contribution in [-0.4, -0.2) is 53.7 Å². The normalized spacial score (nSPS) is 24.4. The van der Waals surface area contributed by atoms with Crippen molar-refractivity contribution in [3.63, 3.8) is 0 Å². The zero-order valence-corrected chi connectivity index (χ0v) is 16.2. The van der Waals surface area contributed by atoms with E-state index in [1.54, 1.807) is 11.8 Å². The number of nitrogens with zero attached hydrogens (tertiary/aromatic N) is 2. The van der Waals surface area contributed by atoms with Crippen molar-refractivity contribution in [3.05, 3.63) is 30.3 Å². The molecular formula is C19H29ClN2OS. The SMILES string of the molecule is CN(C(=O)CSc1ccccc1)C1CCCCC1N1CCCC1.Cl. The summed E-state index contributed by atoms with van der Waals surface area (Å²) in [4.78, 5) is 18.5. The number of rotatable bonds is 5. The predicted molar refractivity (Wildman–Crippen MR) is 104 cm³/mol. The lowest BCUT2D eigenvalue weighted by atomic mass is 9.88. The largest absolute Gasteiger partial charge is 0.340 e. The summed E-state index contributed by atoms with van der Waals surface area (Å²) >= 11 is 1.65. The highest BCUT2D eigenvalue weighted by molar-refractivity contribution is 8.00. The van der Waals surface area contributed by atoms with E-state index in [1.165, 1.54) is 56.5 Å². The summed E-state index contributed by atoms with van der Waals surface area (Å²) in [6.45, 7) is 2.45. The maximum Gasteiger partial charge on any atom is 0.232 e. The van der Waals surface area contributed by atoms with Crippen LogP contribution in [0.4, 0.5) is 0 Å². The fraction of sp³-hybridized carbons (Fsp3) is 0.632. The summed E-state index contributed by atoms with van der Waals surface area (Å²) in [7, 11) is 2.02. The minimum atomic E-state index is 0. The first kappa shape index (κ1) is 19.6. The summed E-state index contributed by atoms with van der Waals surface area (Å²) in [6.07, 6.45) is 7.65. The number of benzene rings is 1. The molecule has 2 aliphatic rings. The fourth-order valence-electron chi connectivity index (χ4n) is 3.99. The van der Waals surface area contributed by atoms with Gasteiger partial charge in [0.25, 0.3) is 0 Å². The number of carbonyl (C=O) groups excluding carboxylic acids is 1. The number of hydrogen-bond acceptors (Lipinski definition) is 3. The zero-order valence-electron chi connectivity index (χ0n) is 14.5. The first-order valence-corrected chi connectivity index (χ1v) is 9.92. The fourth-order valence-corrected chi connectivity index (χ4v) is 4.83. The average molecular weight is 369 g/mol. The van der Waals surface area contributed by atoms with Crippen LogP contribution < -0.4 is 0 Å². The molecule has 0 N–H and O–H groups in total. The van der Waals surface area contributed by atoms with Crippen molar-refractivity contribution in [1.29, 1.82) is 0 Å². The number of halogens is 1. The molecule has 1 amide bonds. The Labute approximate surface area is 156 Å². The van der Waals surface area contributed by atoms with Gasteiger partial charge < -0.3 is 4.90 Å². The van der Waals surface area contributed by atoms with Crippen LogP contribution in [0.5, 0.6) is 0 Å². The Kier molecular flexibility index (Phi) is 7.92. The number of amides is 1. The predicted octanol–water partition coefficient (Wildman–Crippen LogP) is 4.07. The van der Waals surface area contributed by atoms with Gasteiger partial charge >= 0.3 is 0 Å². The molecule has 0 radical (unpaired) electrons. The van der Waals surface area contributed by atoms with Crippen molar-refractivity contribution in [2.24, 2.45) is 0 Å². The third-order valence-corrected chi connectivity index (χ3v) is 6.30. The van der Waals surface area contributed by atoms with Gasteiger partial charge in [-0.1, -0.05) is 31.0 Å². The lowest BCUT2D eigenvalue weighted by Crippen LogP contribution is -2.53. The van der Waals surface area contributed by atoms with Crippen LogP contribution >= 0.6 is 24.2 Å². The van der Waals surface area contributed by atoms with Crippen LogP contribution in [0.25, 0.3) is 0 Å². The van der Waals surface area contributed by atoms with Gasteiger partial charge in [-0.05, 0) is 50.9 Å². The zero-order chi connectivity index (χ0) is 16.1. The molecule has 2 unspecified atom stereocenters. The molecule has 3 rings (SSSR count). The summed E-state index contributed by atoms with van der Waals surface area (Å²) in [5, 5.41) is 0. The number of hydrogen-bond donors (Lipinski definition) is 0. The summed E-state index contributed by atoms with van der Waals surface area (Å²) < 4.78 is 0. The Morgan fingerprint density at radius 3 is 2.50 bits per heavy atom. The third kappa shape index (κ3) is 4.90. The highest BCUT2D eigenvalue weighted by Crippen LogP contribution is 2.29. The van der Waals surface area contributed by atoms with E-state index in [1.807, 2.05) is 25.2 Å². The van der Waals surface area contributed by atoms with E-state index in [2.05, 4.69) is 21.9 Å². The van der Waals surface area contributed by atoms with E-state index < -0.39 is 0 Å². The second kappa shape index (κ2) is 9.69. The van der Waals surface area contributed by atoms with E-state index in [0.717, 1.165) is 0 Å². The van der Waals surface area contributed by atoms with Gasteiger partial charge in [-0.3, -0.25) is 9.69 Å². The van der Waals surface area contributed by atoms with Gasteiger partial charge in [0.1, 0.15) is 0 Å². The summed E-state index contributed by atoms with van der Waals surface area (Å²) in [6, 6.07) is 11.2. The Balaban J connectivity index is 0.00000208. The topological polar surface area (TPSA) is 23.6 Å². The van der Waals surface area contributed by atoms with E-state index >= 15 is 0 Å². The van der Waals surface area contributed by atoms with E-state index in [9.17, 15) is 4.79 Å². The van der Waals surface area contributed by atoms with Crippen molar-refractivity contribution >= 4 is 30.1 Å². The molecule has 0 aromatic heterocycles. The maximum atomic E-state index is 12.7. The smallest absolute Gasteiger partial charge is 0.232 e. The highest BCUT2D eigenvalue weighted by atomic mass is 35.5. The second-order valence-corrected chi connectivity index (χ2v) is 7.82. The number of likely N-dealkylation sites (tertiary alicyclic amines) is 1. The monoisotopic (exact) mass is 368 g/mol. The maximum absolute atomic E-state index is 12.7. The molecule has 0 spiro atoms. The minimum Gasteiger partial charge on any atom is -0.340 e. The molecule has 134 valence electrons. The first-order valence-electron chi connectivity index (χ1n) is 8.93. The second-order valence-electron chi connectivity index (χ2n) is 6.77. The Bertz CT molecular complexity index is 507. The molecule has 1 saturated carbocycles. The van der Waals surface area contributed by atoms with Crippen molar-refractivity contribution < 1.29 is 4.79 Å². The lowest BCUT2D eigenvalue weighted by molar-refractivity contribution is -0.131. The molecule has 1 heterocycles. The van der Waals surface area contributed by atoms with Crippen LogP contribution in [0.2, 0.25) is 0 Å². The summed E-state index contributed by atoms with van der Waals surface area (Å²) in [5.41, 5.74) is 0. The number of likely N-dealkylation sites (N-methyl/N-ethyl adjacent to an activating group) is 1. The van der Waals surface area contributed by atoms with Crippen LogP contribution in [0.3, 0.4) is 0 Å². The third-order valence-electron chi connectivity index (χ3n) is 5.30. The van der Waals surface area contributed by atoms with Crippen LogP contribution in [-0.2, 0) is 4.79 Å². The molecule has 1 aromatic rings. The minimum absolute atomic E-state index is 0. The average Bonchev–Trinajstić information content (AvgIpc) is 3.14. The molecule has 0 bridgehead atoms. The number of carbonyl (C=O) groups is 1. The Morgan fingerprint density at radius 2 is 1.79 bits per heavy atom. The van der Waals surface area contributed by atoms with Crippen LogP contribution in [0.1, 0.15) is 38.5 Å². The van der Waals surface area contributed by atoms with Gasteiger partial charge in [0.15, 0.2) is 0 Å². The quantitative estimate of drug-likeness (QED) is 0.732. The highest BCUT2D eigenvalue weighted by Gasteiger charge is 2.35. The van der Waals surface area contributed by atoms with E-state index in [4.69, 9.17) is 0 Å². The van der Waals surface area contributed by atoms with Gasteiger partial charge in [0, 0.05) is 24.0 Å². The molecule has 5 heteroatoms. The molecule has 24 heavy (non-hydrogen) atoms. The van der Waals surface area contributed by atoms with Crippen LogP contribution in [0.15, 0.2) is 35.2 Å². The summed E-state index contributed by atoms with van der Waals surface area (Å²) in [5.74, 6) is 0.818. The van der Waals surface area contributed by atoms with Gasteiger partial charge in [0.2, 0.25) is 5.91 Å². The molecule has 2 fully saturated rings. The van der Waals surface area contributed by atoms with E-state index in [0.29, 0.717) is 17.8 Å². The van der Waals surface area contributed by atoms with E-state index in [-0.39, 0.29) is 18.3 Å². The van der Waals surface area contributed by atoms with Gasteiger partial charge in [-0.15, -0.1) is 24.2 Å². The van der Waals surface area contributed by atoms with Gasteiger partial charge in [-0.2, -0.15) is 0 Å². The standard InChI is InChI=1S/C19H28N2OS.ClH/c1-20(19(22)15-23-16-9-3-2-4-10-16)17-11-5-6-12-18(17)21-13-7-8-14-21;/h2-4,9-10,17-18H,5-8,11-15H2,1H3;1H. The molecular weight excluding hydrogens is 340 g/mol. The Hall–Kier alpha value is -0.710. The van der Waals surface area contributed by atoms with Crippen molar-refractivity contribution in [2.45, 2.75) is 55.5 Å². The molecule has 3 nitrogen and oxygen atoms in total. The Morgan fingerprint density at radius 1 is 1.12 bits per heavy atom. The molecule has 1 saturated heterocycles. The molecule has 1 aromatic carbocycles. The molecule has 1 aliphatic carbocycles. The first-order chi connectivity index (χ1) is 11.3. The molecule has 1 aliphatic heterocycles. The van der Waals surface area contributed by atoms with Gasteiger partial charge in [0.05, 0.1) is 5.75 Å². The van der Waals surface area contributed by atoms with Crippen molar-refractivity contribution in [1.82, 2.24) is 9.80 Å². The number of thioether (sulfide) groups is 1. The van der Waals surface area contributed by atoms with Crippen molar-refractivity contribution in [3.8, 4) is 0 Å². The molecule has 2 atom stereocenters. The lowest BCUT2D eigenvalue weighted by Gasteiger charge is -2.42. The van der Waals surface area contributed by atoms with Crippen molar-refractivity contribution in [2.75, 3.05) is 25.9 Å².